The third-order valence-electron chi connectivity index (χ3n) is 3.27. The molecule has 0 spiro atoms. The van der Waals surface area contributed by atoms with Gasteiger partial charge in [-0.2, -0.15) is 13.2 Å². The summed E-state index contributed by atoms with van der Waals surface area (Å²) in [5, 5.41) is 3.53. The second-order valence-electron chi connectivity index (χ2n) is 4.88. The zero-order chi connectivity index (χ0) is 17.3. The van der Waals surface area contributed by atoms with E-state index in [1.54, 1.807) is 0 Å². The summed E-state index contributed by atoms with van der Waals surface area (Å²) >= 11 is 0. The van der Waals surface area contributed by atoms with Gasteiger partial charge in [0.05, 0.1) is 11.3 Å². The van der Waals surface area contributed by atoms with Gasteiger partial charge in [-0.1, -0.05) is 11.2 Å². The summed E-state index contributed by atoms with van der Waals surface area (Å²) < 4.78 is 42.5. The second kappa shape index (κ2) is 5.80. The molecule has 0 radical (unpaired) electrons. The molecule has 3 rings (SSSR count). The van der Waals surface area contributed by atoms with E-state index in [0.29, 0.717) is 11.3 Å². The van der Waals surface area contributed by atoms with Crippen molar-refractivity contribution in [2.75, 3.05) is 5.73 Å². The molecule has 7 nitrogen and oxygen atoms in total. The Hall–Kier alpha value is -3.17. The number of aromatic nitrogens is 4. The van der Waals surface area contributed by atoms with E-state index >= 15 is 0 Å². The fraction of sp³-hybridized carbons (Fsp3) is 0.143. The van der Waals surface area contributed by atoms with Gasteiger partial charge in [-0.25, -0.2) is 9.78 Å². The van der Waals surface area contributed by atoms with Crippen LogP contribution in [0, 0.1) is 0 Å². The van der Waals surface area contributed by atoms with Gasteiger partial charge in [-0.05, 0) is 17.7 Å². The average Bonchev–Trinajstić information content (AvgIpc) is 2.95. The Morgan fingerprint density at radius 2 is 1.96 bits per heavy atom. The van der Waals surface area contributed by atoms with Crippen molar-refractivity contribution in [1.29, 1.82) is 0 Å². The summed E-state index contributed by atoms with van der Waals surface area (Å²) in [6, 6.07) is 3.09. The molecule has 0 fully saturated rings. The SMILES string of the molecule is Nc1cc(C(F)(F)F)ccc1Cc1nccnc1-c1noc(=O)[nH]1. The van der Waals surface area contributed by atoms with E-state index in [0.717, 1.165) is 12.1 Å². The van der Waals surface area contributed by atoms with E-state index in [1.165, 1.54) is 18.5 Å². The van der Waals surface area contributed by atoms with E-state index in [1.807, 2.05) is 0 Å². The lowest BCUT2D eigenvalue weighted by molar-refractivity contribution is -0.137. The number of anilines is 1. The molecule has 0 saturated heterocycles. The molecule has 0 unspecified atom stereocenters. The molecule has 124 valence electrons. The number of hydrogen-bond acceptors (Lipinski definition) is 6. The van der Waals surface area contributed by atoms with Crippen molar-refractivity contribution >= 4 is 5.69 Å². The van der Waals surface area contributed by atoms with Gasteiger partial charge in [0.15, 0.2) is 0 Å². The molecule has 2 heterocycles. The summed E-state index contributed by atoms with van der Waals surface area (Å²) in [5.41, 5.74) is 5.95. The smallest absolute Gasteiger partial charge is 0.398 e. The number of alkyl halides is 3. The molecule has 10 heteroatoms. The Morgan fingerprint density at radius 1 is 1.21 bits per heavy atom. The minimum absolute atomic E-state index is 0.0184. The predicted molar refractivity (Wildman–Crippen MR) is 76.8 cm³/mol. The maximum absolute atomic E-state index is 12.7. The van der Waals surface area contributed by atoms with E-state index in [4.69, 9.17) is 5.73 Å². The third kappa shape index (κ3) is 3.12. The van der Waals surface area contributed by atoms with Crippen LogP contribution in [0.2, 0.25) is 0 Å². The highest BCUT2D eigenvalue weighted by atomic mass is 19.4. The van der Waals surface area contributed by atoms with Crippen molar-refractivity contribution in [3.05, 3.63) is 58.0 Å². The summed E-state index contributed by atoms with van der Waals surface area (Å²) in [5.74, 6) is -0.677. The first-order chi connectivity index (χ1) is 11.3. The van der Waals surface area contributed by atoms with Crippen LogP contribution in [0.5, 0.6) is 0 Å². The lowest BCUT2D eigenvalue weighted by Crippen LogP contribution is -2.08. The van der Waals surface area contributed by atoms with E-state index < -0.39 is 17.5 Å². The van der Waals surface area contributed by atoms with Crippen LogP contribution in [-0.2, 0) is 12.6 Å². The molecule has 0 bridgehead atoms. The molecule has 3 N–H and O–H groups in total. The second-order valence-corrected chi connectivity index (χ2v) is 4.88. The van der Waals surface area contributed by atoms with Gasteiger partial charge in [0, 0.05) is 24.5 Å². The summed E-state index contributed by atoms with van der Waals surface area (Å²) in [6.07, 6.45) is -1.55. The normalized spacial score (nSPS) is 11.6. The average molecular weight is 337 g/mol. The number of aromatic amines is 1. The van der Waals surface area contributed by atoms with Crippen molar-refractivity contribution in [3.8, 4) is 11.5 Å². The maximum atomic E-state index is 12.7. The minimum atomic E-state index is -4.47. The summed E-state index contributed by atoms with van der Waals surface area (Å²) in [6.45, 7) is 0. The highest BCUT2D eigenvalue weighted by Crippen LogP contribution is 2.32. The van der Waals surface area contributed by atoms with Crippen molar-refractivity contribution in [3.63, 3.8) is 0 Å². The molecular weight excluding hydrogens is 327 g/mol. The lowest BCUT2D eigenvalue weighted by Gasteiger charge is -2.11. The molecule has 0 aliphatic rings. The zero-order valence-electron chi connectivity index (χ0n) is 12.0. The number of nitrogens with two attached hydrogens (primary N) is 1. The monoisotopic (exact) mass is 337 g/mol. The number of H-pyrrole nitrogens is 1. The molecule has 3 aromatic rings. The first-order valence-electron chi connectivity index (χ1n) is 6.66. The maximum Gasteiger partial charge on any atom is 0.439 e. The highest BCUT2D eigenvalue weighted by molar-refractivity contribution is 5.56. The zero-order valence-corrected chi connectivity index (χ0v) is 12.0. The van der Waals surface area contributed by atoms with Crippen LogP contribution in [0.4, 0.5) is 18.9 Å². The molecule has 1 aromatic carbocycles. The van der Waals surface area contributed by atoms with E-state index in [-0.39, 0.29) is 23.6 Å². The first-order valence-corrected chi connectivity index (χ1v) is 6.66. The van der Waals surface area contributed by atoms with Crippen LogP contribution < -0.4 is 11.5 Å². The van der Waals surface area contributed by atoms with Gasteiger partial charge in [-0.15, -0.1) is 0 Å². The summed E-state index contributed by atoms with van der Waals surface area (Å²) in [4.78, 5) is 21.6. The third-order valence-corrected chi connectivity index (χ3v) is 3.27. The Balaban J connectivity index is 1.97. The standard InChI is InChI=1S/C14H10F3N5O2/c15-14(16,17)8-2-1-7(9(18)6-8)5-10-11(20-4-3-19-10)12-21-13(23)24-22-12/h1-4,6H,5,18H2,(H,21,22,23). The van der Waals surface area contributed by atoms with Crippen molar-refractivity contribution in [2.45, 2.75) is 12.6 Å². The van der Waals surface area contributed by atoms with Crippen LogP contribution >= 0.6 is 0 Å². The molecule has 0 saturated carbocycles. The van der Waals surface area contributed by atoms with Crippen molar-refractivity contribution in [1.82, 2.24) is 20.1 Å². The topological polar surface area (TPSA) is 111 Å². The molecule has 0 amide bonds. The molecular formula is C14H10F3N5O2. The van der Waals surface area contributed by atoms with E-state index in [2.05, 4.69) is 24.6 Å². The van der Waals surface area contributed by atoms with Crippen molar-refractivity contribution < 1.29 is 17.7 Å². The molecule has 2 aromatic heterocycles. The molecule has 0 atom stereocenters. The number of nitrogen functional groups attached to an aromatic ring is 1. The van der Waals surface area contributed by atoms with E-state index in [9.17, 15) is 18.0 Å². The van der Waals surface area contributed by atoms with Crippen LogP contribution in [0.1, 0.15) is 16.8 Å². The Morgan fingerprint density at radius 3 is 2.58 bits per heavy atom. The van der Waals surface area contributed by atoms with Gasteiger partial charge < -0.3 is 5.73 Å². The number of benzene rings is 1. The number of halogens is 3. The van der Waals surface area contributed by atoms with Crippen LogP contribution in [0.25, 0.3) is 11.5 Å². The number of nitrogens with zero attached hydrogens (tertiary/aromatic N) is 3. The fourth-order valence-electron chi connectivity index (χ4n) is 2.14. The largest absolute Gasteiger partial charge is 0.439 e. The Kier molecular flexibility index (Phi) is 3.80. The highest BCUT2D eigenvalue weighted by Gasteiger charge is 2.30. The molecule has 24 heavy (non-hydrogen) atoms. The predicted octanol–water partition coefficient (Wildman–Crippen LogP) is 2.01. The minimum Gasteiger partial charge on any atom is -0.398 e. The van der Waals surface area contributed by atoms with Gasteiger partial charge in [0.2, 0.25) is 5.82 Å². The van der Waals surface area contributed by atoms with Gasteiger partial charge in [0.25, 0.3) is 0 Å². The quantitative estimate of drug-likeness (QED) is 0.707. The van der Waals surface area contributed by atoms with Crippen LogP contribution in [-0.4, -0.2) is 20.1 Å². The van der Waals surface area contributed by atoms with Crippen molar-refractivity contribution in [2.24, 2.45) is 0 Å². The first kappa shape index (κ1) is 15.7. The lowest BCUT2D eigenvalue weighted by atomic mass is 10.0. The van der Waals surface area contributed by atoms with Gasteiger partial charge in [-0.3, -0.25) is 14.5 Å². The summed E-state index contributed by atoms with van der Waals surface area (Å²) in [7, 11) is 0. The van der Waals surface area contributed by atoms with Crippen LogP contribution in [0.3, 0.4) is 0 Å². The molecule has 0 aliphatic heterocycles. The number of rotatable bonds is 3. The van der Waals surface area contributed by atoms with Gasteiger partial charge in [0.1, 0.15) is 5.69 Å². The number of nitrogens with one attached hydrogen (secondary N) is 1. The van der Waals surface area contributed by atoms with Crippen LogP contribution in [0.15, 0.2) is 39.9 Å². The number of hydrogen-bond donors (Lipinski definition) is 2. The Bertz CT molecular complexity index is 932. The van der Waals surface area contributed by atoms with Gasteiger partial charge >= 0.3 is 11.9 Å². The Labute approximate surface area is 132 Å². The molecule has 0 aliphatic carbocycles. The fourth-order valence-corrected chi connectivity index (χ4v) is 2.14.